The maximum atomic E-state index is 6.42. The molecule has 0 aliphatic carbocycles. The number of pyridine rings is 1. The van der Waals surface area contributed by atoms with Gasteiger partial charge in [0.1, 0.15) is 11.4 Å². The summed E-state index contributed by atoms with van der Waals surface area (Å²) in [5.41, 5.74) is 3.28. The molecule has 2 heterocycles. The average molecular weight is 406 g/mol. The Morgan fingerprint density at radius 1 is 0.821 bits per heavy atom. The van der Waals surface area contributed by atoms with Gasteiger partial charge < -0.3 is 0 Å². The first-order valence-electron chi connectivity index (χ1n) is 8.40. The molecule has 0 unspecified atom stereocenters. The van der Waals surface area contributed by atoms with Gasteiger partial charge in [-0.2, -0.15) is 5.11 Å². The summed E-state index contributed by atoms with van der Waals surface area (Å²) in [5, 5.41) is 9.64. The van der Waals surface area contributed by atoms with Gasteiger partial charge in [-0.3, -0.25) is 4.98 Å². The highest BCUT2D eigenvalue weighted by Gasteiger charge is 2.14. The first-order chi connectivity index (χ1) is 13.7. The molecule has 0 saturated carbocycles. The molecule has 0 radical (unpaired) electrons. The van der Waals surface area contributed by atoms with Crippen molar-refractivity contribution in [3.05, 3.63) is 89.3 Å². The average Bonchev–Trinajstić information content (AvgIpc) is 2.74. The number of hydrogen-bond donors (Lipinski definition) is 0. The van der Waals surface area contributed by atoms with Gasteiger partial charge in [0.05, 0.1) is 16.9 Å². The minimum atomic E-state index is 0.472. The van der Waals surface area contributed by atoms with Crippen molar-refractivity contribution in [2.75, 3.05) is 0 Å². The van der Waals surface area contributed by atoms with Crippen LogP contribution in [0.1, 0.15) is 0 Å². The van der Waals surface area contributed by atoms with Crippen LogP contribution in [-0.4, -0.2) is 15.0 Å². The molecule has 7 heteroatoms. The van der Waals surface area contributed by atoms with E-state index in [1.54, 1.807) is 30.7 Å². The summed E-state index contributed by atoms with van der Waals surface area (Å²) in [6, 6.07) is 18.4. The maximum absolute atomic E-state index is 6.42. The van der Waals surface area contributed by atoms with Gasteiger partial charge in [0.25, 0.3) is 0 Å². The number of nitrogens with zero attached hydrogens (tertiary/aromatic N) is 5. The molecule has 0 spiro atoms. The number of hydrogen-bond acceptors (Lipinski definition) is 5. The molecule has 0 N–H and O–H groups in total. The summed E-state index contributed by atoms with van der Waals surface area (Å²) in [4.78, 5) is 13.2. The van der Waals surface area contributed by atoms with E-state index in [1.807, 2.05) is 48.5 Å². The van der Waals surface area contributed by atoms with E-state index in [0.29, 0.717) is 32.8 Å². The third kappa shape index (κ3) is 4.06. The fourth-order valence-electron chi connectivity index (χ4n) is 2.57. The predicted octanol–water partition coefficient (Wildman–Crippen LogP) is 6.93. The highest BCUT2D eigenvalue weighted by atomic mass is 35.5. The van der Waals surface area contributed by atoms with E-state index in [9.17, 15) is 0 Å². The third-order valence-corrected chi connectivity index (χ3v) is 4.45. The minimum Gasteiger partial charge on any atom is -0.264 e. The van der Waals surface area contributed by atoms with Gasteiger partial charge in [0, 0.05) is 28.5 Å². The number of benzene rings is 2. The molecule has 4 aromatic rings. The highest BCUT2D eigenvalue weighted by molar-refractivity contribution is 6.36. The maximum Gasteiger partial charge on any atom is 0.161 e. The normalized spacial score (nSPS) is 11.1. The summed E-state index contributed by atoms with van der Waals surface area (Å²) >= 11 is 12.5. The van der Waals surface area contributed by atoms with Gasteiger partial charge in [-0.05, 0) is 42.5 Å². The molecular formula is C21H13Cl2N5. The fourth-order valence-corrected chi connectivity index (χ4v) is 3.07. The number of azo groups is 1. The van der Waals surface area contributed by atoms with Crippen molar-refractivity contribution >= 4 is 34.6 Å². The Balaban J connectivity index is 1.84. The van der Waals surface area contributed by atoms with Gasteiger partial charge in [-0.1, -0.05) is 41.4 Å². The predicted molar refractivity (Wildman–Crippen MR) is 111 cm³/mol. The van der Waals surface area contributed by atoms with Gasteiger partial charge in [-0.15, -0.1) is 5.11 Å². The largest absolute Gasteiger partial charge is 0.264 e. The van der Waals surface area contributed by atoms with Gasteiger partial charge in [0.2, 0.25) is 0 Å². The lowest BCUT2D eigenvalue weighted by Gasteiger charge is -2.09. The standard InChI is InChI=1S/C21H13Cl2N5/c22-15-8-9-17(18(23)11-15)20-19(28-27-16-6-2-1-3-7-16)13-25-21(26-20)14-5-4-10-24-12-14/h1-13H. The van der Waals surface area contributed by atoms with Crippen molar-refractivity contribution in [1.29, 1.82) is 0 Å². The summed E-state index contributed by atoms with van der Waals surface area (Å²) in [5.74, 6) is 0.521. The zero-order chi connectivity index (χ0) is 19.3. The second kappa shape index (κ2) is 8.25. The van der Waals surface area contributed by atoms with Crippen LogP contribution in [0.25, 0.3) is 22.6 Å². The molecule has 0 atom stereocenters. The molecule has 0 fully saturated rings. The van der Waals surface area contributed by atoms with Crippen molar-refractivity contribution < 1.29 is 0 Å². The summed E-state index contributed by atoms with van der Waals surface area (Å²) < 4.78 is 0. The fraction of sp³-hybridized carbons (Fsp3) is 0. The first-order valence-corrected chi connectivity index (χ1v) is 9.16. The number of rotatable bonds is 4. The highest BCUT2D eigenvalue weighted by Crippen LogP contribution is 2.36. The Hall–Kier alpha value is -3.15. The molecule has 28 heavy (non-hydrogen) atoms. The van der Waals surface area contributed by atoms with Crippen LogP contribution in [0.4, 0.5) is 11.4 Å². The molecular weight excluding hydrogens is 393 g/mol. The van der Waals surface area contributed by atoms with Gasteiger partial charge in [-0.25, -0.2) is 9.97 Å². The quantitative estimate of drug-likeness (QED) is 0.345. The molecule has 0 amide bonds. The molecule has 4 rings (SSSR count). The Morgan fingerprint density at radius 3 is 2.43 bits per heavy atom. The van der Waals surface area contributed by atoms with Crippen LogP contribution in [0.5, 0.6) is 0 Å². The second-order valence-electron chi connectivity index (χ2n) is 5.83. The monoisotopic (exact) mass is 405 g/mol. The summed E-state index contributed by atoms with van der Waals surface area (Å²) in [6.45, 7) is 0. The van der Waals surface area contributed by atoms with Crippen LogP contribution in [0, 0.1) is 0 Å². The lowest BCUT2D eigenvalue weighted by molar-refractivity contribution is 1.13. The zero-order valence-electron chi connectivity index (χ0n) is 14.5. The molecule has 0 aliphatic heterocycles. The van der Waals surface area contributed by atoms with Crippen molar-refractivity contribution in [2.45, 2.75) is 0 Å². The van der Waals surface area contributed by atoms with Crippen molar-refractivity contribution in [3.8, 4) is 22.6 Å². The Morgan fingerprint density at radius 2 is 1.68 bits per heavy atom. The topological polar surface area (TPSA) is 63.4 Å². The van der Waals surface area contributed by atoms with E-state index < -0.39 is 0 Å². The van der Waals surface area contributed by atoms with Crippen LogP contribution in [0.2, 0.25) is 10.0 Å². The molecule has 2 aromatic carbocycles. The molecule has 0 bridgehead atoms. The molecule has 136 valence electrons. The number of halogens is 2. The molecule has 2 aromatic heterocycles. The molecule has 5 nitrogen and oxygen atoms in total. The van der Waals surface area contributed by atoms with E-state index in [2.05, 4.69) is 25.2 Å². The molecule has 0 saturated heterocycles. The molecule has 0 aliphatic rings. The van der Waals surface area contributed by atoms with Crippen LogP contribution in [0.15, 0.2) is 89.5 Å². The Kier molecular flexibility index (Phi) is 5.37. The summed E-state index contributed by atoms with van der Waals surface area (Å²) in [7, 11) is 0. The van der Waals surface area contributed by atoms with E-state index in [1.165, 1.54) is 0 Å². The van der Waals surface area contributed by atoms with Crippen LogP contribution < -0.4 is 0 Å². The first kappa shape index (κ1) is 18.2. The SMILES string of the molecule is Clc1ccc(-c2nc(-c3cccnc3)ncc2N=Nc2ccccc2)c(Cl)c1. The van der Waals surface area contributed by atoms with Crippen LogP contribution in [-0.2, 0) is 0 Å². The smallest absolute Gasteiger partial charge is 0.161 e. The van der Waals surface area contributed by atoms with E-state index in [0.717, 1.165) is 11.3 Å². The Bertz CT molecular complexity index is 1130. The second-order valence-corrected chi connectivity index (χ2v) is 6.67. The van der Waals surface area contributed by atoms with Gasteiger partial charge >= 0.3 is 0 Å². The summed E-state index contributed by atoms with van der Waals surface area (Å²) in [6.07, 6.45) is 5.03. The minimum absolute atomic E-state index is 0.472. The van der Waals surface area contributed by atoms with Gasteiger partial charge in [0.15, 0.2) is 5.82 Å². The Labute approximate surface area is 171 Å². The van der Waals surface area contributed by atoms with Crippen LogP contribution >= 0.6 is 23.2 Å². The van der Waals surface area contributed by atoms with Crippen molar-refractivity contribution in [3.63, 3.8) is 0 Å². The lowest BCUT2D eigenvalue weighted by atomic mass is 10.1. The third-order valence-electron chi connectivity index (χ3n) is 3.90. The lowest BCUT2D eigenvalue weighted by Crippen LogP contribution is -1.94. The van der Waals surface area contributed by atoms with Crippen LogP contribution in [0.3, 0.4) is 0 Å². The number of aromatic nitrogens is 3. The van der Waals surface area contributed by atoms with E-state index >= 15 is 0 Å². The van der Waals surface area contributed by atoms with Crippen molar-refractivity contribution in [1.82, 2.24) is 15.0 Å². The van der Waals surface area contributed by atoms with E-state index in [4.69, 9.17) is 23.2 Å². The van der Waals surface area contributed by atoms with Crippen molar-refractivity contribution in [2.24, 2.45) is 10.2 Å². The van der Waals surface area contributed by atoms with E-state index in [-0.39, 0.29) is 0 Å². The zero-order valence-corrected chi connectivity index (χ0v) is 16.0.